The molecule has 162 valence electrons. The van der Waals surface area contributed by atoms with Gasteiger partial charge >= 0.3 is 0 Å². The van der Waals surface area contributed by atoms with E-state index in [2.05, 4.69) is 26.2 Å². The molecule has 1 N–H and O–H groups in total. The van der Waals surface area contributed by atoms with E-state index in [9.17, 15) is 9.59 Å². The molecule has 0 aliphatic heterocycles. The van der Waals surface area contributed by atoms with Gasteiger partial charge in [0.25, 0.3) is 0 Å². The van der Waals surface area contributed by atoms with Gasteiger partial charge < -0.3 is 19.4 Å². The van der Waals surface area contributed by atoms with Gasteiger partial charge in [0.1, 0.15) is 18.0 Å². The number of hydrogen-bond donors (Lipinski definition) is 1. The Morgan fingerprint density at radius 3 is 2.28 bits per heavy atom. The first-order valence-corrected chi connectivity index (χ1v) is 10.6. The number of imidazole rings is 1. The summed E-state index contributed by atoms with van der Waals surface area (Å²) in [5.41, 5.74) is 2.36. The fraction of sp³-hybridized carbons (Fsp3) is 0.125. The molecule has 0 fully saturated rings. The summed E-state index contributed by atoms with van der Waals surface area (Å²) in [7, 11) is 3.08. The Morgan fingerprint density at radius 2 is 1.62 bits per heavy atom. The maximum Gasteiger partial charge on any atom is 0.244 e. The molecule has 0 unspecified atom stereocenters. The number of fused-ring (bicyclic) bond motifs is 1. The van der Waals surface area contributed by atoms with Gasteiger partial charge in [0.05, 0.1) is 25.3 Å². The Labute approximate surface area is 193 Å². The lowest BCUT2D eigenvalue weighted by atomic mass is 10.1. The molecule has 0 spiro atoms. The number of carbonyl (C=O) groups is 2. The Kier molecular flexibility index (Phi) is 6.23. The monoisotopic (exact) mass is 493 g/mol. The fourth-order valence-corrected chi connectivity index (χ4v) is 3.63. The van der Waals surface area contributed by atoms with Crippen LogP contribution in [0.1, 0.15) is 16.2 Å². The minimum absolute atomic E-state index is 0.0857. The minimum Gasteiger partial charge on any atom is -0.497 e. The summed E-state index contributed by atoms with van der Waals surface area (Å²) in [5.74, 6) is 0.738. The Bertz CT molecular complexity index is 1280. The third kappa shape index (κ3) is 4.50. The molecule has 4 aromatic rings. The molecule has 0 saturated carbocycles. The molecule has 8 heteroatoms. The van der Waals surface area contributed by atoms with Gasteiger partial charge in [-0.15, -0.1) is 0 Å². The number of rotatable bonds is 7. The van der Waals surface area contributed by atoms with Crippen LogP contribution in [0.15, 0.2) is 71.2 Å². The van der Waals surface area contributed by atoms with Crippen molar-refractivity contribution in [3.8, 4) is 11.5 Å². The first-order chi connectivity index (χ1) is 15.5. The highest BCUT2D eigenvalue weighted by molar-refractivity contribution is 9.10. The second kappa shape index (κ2) is 9.23. The van der Waals surface area contributed by atoms with E-state index < -0.39 is 0 Å². The molecule has 1 heterocycles. The van der Waals surface area contributed by atoms with Crippen LogP contribution in [0.3, 0.4) is 0 Å². The van der Waals surface area contributed by atoms with Crippen LogP contribution in [0.5, 0.6) is 11.5 Å². The van der Waals surface area contributed by atoms with Crippen molar-refractivity contribution in [2.45, 2.75) is 6.54 Å². The van der Waals surface area contributed by atoms with E-state index in [1.165, 1.54) is 14.2 Å². The third-order valence-corrected chi connectivity index (χ3v) is 5.43. The molecule has 0 aliphatic carbocycles. The van der Waals surface area contributed by atoms with Crippen molar-refractivity contribution in [2.24, 2.45) is 0 Å². The summed E-state index contributed by atoms with van der Waals surface area (Å²) in [5, 5.41) is 2.84. The summed E-state index contributed by atoms with van der Waals surface area (Å²) < 4.78 is 13.0. The van der Waals surface area contributed by atoms with Crippen molar-refractivity contribution in [2.75, 3.05) is 19.5 Å². The lowest BCUT2D eigenvalue weighted by Crippen LogP contribution is -2.22. The second-order valence-corrected chi connectivity index (χ2v) is 7.91. The zero-order valence-corrected chi connectivity index (χ0v) is 19.0. The van der Waals surface area contributed by atoms with Crippen LogP contribution in [-0.2, 0) is 11.3 Å². The van der Waals surface area contributed by atoms with Crippen LogP contribution in [-0.4, -0.2) is 35.5 Å². The number of anilines is 1. The topological polar surface area (TPSA) is 82.5 Å². The maximum absolute atomic E-state index is 13.2. The summed E-state index contributed by atoms with van der Waals surface area (Å²) in [6.07, 6.45) is 0. The van der Waals surface area contributed by atoms with Gasteiger partial charge in [0, 0.05) is 33.9 Å². The number of nitrogens with one attached hydrogen (secondary N) is 1. The van der Waals surface area contributed by atoms with Crippen LogP contribution in [0.25, 0.3) is 11.0 Å². The van der Waals surface area contributed by atoms with Gasteiger partial charge in [-0.3, -0.25) is 9.59 Å². The molecule has 1 amide bonds. The number of methoxy groups -OCH3 is 2. The fourth-order valence-electron chi connectivity index (χ4n) is 3.36. The molecule has 7 nitrogen and oxygen atoms in total. The average Bonchev–Trinajstić information content (AvgIpc) is 3.17. The van der Waals surface area contributed by atoms with Crippen molar-refractivity contribution in [3.63, 3.8) is 0 Å². The predicted molar refractivity (Wildman–Crippen MR) is 125 cm³/mol. The Balaban J connectivity index is 1.66. The molecular weight excluding hydrogens is 474 g/mol. The number of nitrogens with zero attached hydrogens (tertiary/aromatic N) is 2. The van der Waals surface area contributed by atoms with Crippen molar-refractivity contribution in [3.05, 3.63) is 82.6 Å². The smallest absolute Gasteiger partial charge is 0.244 e. The minimum atomic E-state index is -0.312. The average molecular weight is 494 g/mol. The largest absolute Gasteiger partial charge is 0.497 e. The van der Waals surface area contributed by atoms with Crippen LogP contribution in [0.4, 0.5) is 5.69 Å². The van der Waals surface area contributed by atoms with Gasteiger partial charge in [-0.1, -0.05) is 28.1 Å². The lowest BCUT2D eigenvalue weighted by Gasteiger charge is -2.12. The number of hydrogen-bond acceptors (Lipinski definition) is 5. The van der Waals surface area contributed by atoms with Crippen molar-refractivity contribution < 1.29 is 19.1 Å². The SMILES string of the molecule is COc1cc(NC(=O)Cn2c(C(=O)c3ccc(Br)cc3)nc3ccccc32)cc(OC)c1. The number of amides is 1. The molecule has 0 saturated heterocycles. The number of benzene rings is 3. The highest BCUT2D eigenvalue weighted by Gasteiger charge is 2.21. The molecule has 3 aromatic carbocycles. The number of ketones is 1. The number of para-hydroxylation sites is 2. The summed E-state index contributed by atoms with van der Waals surface area (Å²) in [6, 6.07) is 19.5. The first-order valence-electron chi connectivity index (χ1n) is 9.77. The Morgan fingerprint density at radius 1 is 0.969 bits per heavy atom. The van der Waals surface area contributed by atoms with E-state index in [1.807, 2.05) is 24.3 Å². The van der Waals surface area contributed by atoms with E-state index in [1.54, 1.807) is 47.0 Å². The highest BCUT2D eigenvalue weighted by Crippen LogP contribution is 2.26. The number of aromatic nitrogens is 2. The van der Waals surface area contributed by atoms with Gasteiger partial charge in [0.2, 0.25) is 11.7 Å². The summed E-state index contributed by atoms with van der Waals surface area (Å²) in [6.45, 7) is -0.0857. The van der Waals surface area contributed by atoms with Gasteiger partial charge in [-0.25, -0.2) is 4.98 Å². The lowest BCUT2D eigenvalue weighted by molar-refractivity contribution is -0.116. The first kappa shape index (κ1) is 21.6. The normalized spacial score (nSPS) is 10.7. The van der Waals surface area contributed by atoms with Gasteiger partial charge in [0.15, 0.2) is 5.82 Å². The number of carbonyl (C=O) groups excluding carboxylic acids is 2. The van der Waals surface area contributed by atoms with E-state index >= 15 is 0 Å². The van der Waals surface area contributed by atoms with Gasteiger partial charge in [-0.2, -0.15) is 0 Å². The highest BCUT2D eigenvalue weighted by atomic mass is 79.9. The zero-order valence-electron chi connectivity index (χ0n) is 17.5. The summed E-state index contributed by atoms with van der Waals surface area (Å²) >= 11 is 3.38. The molecule has 1 aromatic heterocycles. The van der Waals surface area contributed by atoms with Crippen molar-refractivity contribution >= 4 is 44.3 Å². The van der Waals surface area contributed by atoms with Gasteiger partial charge in [-0.05, 0) is 36.4 Å². The van der Waals surface area contributed by atoms with E-state index in [-0.39, 0.29) is 24.1 Å². The maximum atomic E-state index is 13.2. The molecule has 0 aliphatic rings. The molecular formula is C24H20BrN3O4. The van der Waals surface area contributed by atoms with Crippen molar-refractivity contribution in [1.29, 1.82) is 0 Å². The zero-order chi connectivity index (χ0) is 22.7. The number of ether oxygens (including phenoxy) is 2. The number of halogens is 1. The van der Waals surface area contributed by atoms with E-state index in [0.29, 0.717) is 33.8 Å². The Hall–Kier alpha value is -3.65. The van der Waals surface area contributed by atoms with Crippen molar-refractivity contribution in [1.82, 2.24) is 9.55 Å². The molecule has 0 atom stereocenters. The molecule has 32 heavy (non-hydrogen) atoms. The molecule has 0 bridgehead atoms. The predicted octanol–water partition coefficient (Wildman–Crippen LogP) is 4.69. The molecule has 4 rings (SSSR count). The van der Waals surface area contributed by atoms with Crippen LogP contribution < -0.4 is 14.8 Å². The standard InChI is InChI=1S/C24H20BrN3O4/c1-31-18-11-17(12-19(13-18)32-2)26-22(29)14-28-21-6-4-3-5-20(21)27-24(28)23(30)15-7-9-16(25)10-8-15/h3-13H,14H2,1-2H3,(H,26,29). The van der Waals surface area contributed by atoms with E-state index in [0.717, 1.165) is 4.47 Å². The summed E-state index contributed by atoms with van der Waals surface area (Å²) in [4.78, 5) is 30.6. The van der Waals surface area contributed by atoms with E-state index in [4.69, 9.17) is 9.47 Å². The molecule has 0 radical (unpaired) electrons. The quantitative estimate of drug-likeness (QED) is 0.377. The second-order valence-electron chi connectivity index (χ2n) is 7.00. The van der Waals surface area contributed by atoms with Crippen LogP contribution in [0, 0.1) is 0 Å². The van der Waals surface area contributed by atoms with Crippen LogP contribution in [0.2, 0.25) is 0 Å². The van der Waals surface area contributed by atoms with Crippen LogP contribution >= 0.6 is 15.9 Å². The third-order valence-electron chi connectivity index (χ3n) is 4.90.